The minimum Gasteiger partial charge on any atom is -0.495 e. The van der Waals surface area contributed by atoms with E-state index in [1.54, 1.807) is 30.3 Å². The van der Waals surface area contributed by atoms with Crippen LogP contribution >= 0.6 is 0 Å². The van der Waals surface area contributed by atoms with E-state index >= 15 is 0 Å². The second-order valence-corrected chi connectivity index (χ2v) is 8.66. The highest BCUT2D eigenvalue weighted by atomic mass is 32.2. The van der Waals surface area contributed by atoms with Gasteiger partial charge >= 0.3 is 0 Å². The summed E-state index contributed by atoms with van der Waals surface area (Å²) in [7, 11) is -1.07. The zero-order valence-electron chi connectivity index (χ0n) is 17.2. The van der Waals surface area contributed by atoms with Crippen LogP contribution in [0.1, 0.15) is 21.5 Å². The normalized spacial score (nSPS) is 11.2. The Hall–Kier alpha value is -3.23. The first-order valence-electron chi connectivity index (χ1n) is 9.52. The molecule has 0 saturated heterocycles. The first kappa shape index (κ1) is 22.5. The van der Waals surface area contributed by atoms with Crippen LogP contribution in [-0.2, 0) is 23.1 Å². The number of carbonyl (C=O) groups excluding carboxylic acids is 1. The summed E-state index contributed by atoms with van der Waals surface area (Å²) in [5.41, 5.74) is 1.31. The van der Waals surface area contributed by atoms with Crippen LogP contribution in [0.3, 0.4) is 0 Å². The molecule has 8 heteroatoms. The third-order valence-corrected chi connectivity index (χ3v) is 6.14. The number of rotatable bonds is 8. The van der Waals surface area contributed by atoms with E-state index in [4.69, 9.17) is 4.74 Å². The lowest BCUT2D eigenvalue weighted by Gasteiger charge is -2.19. The summed E-state index contributed by atoms with van der Waals surface area (Å²) in [5.74, 6) is -0.732. The second kappa shape index (κ2) is 9.72. The number of hydrogen-bond donors (Lipinski definition) is 1. The van der Waals surface area contributed by atoms with Crippen molar-refractivity contribution < 1.29 is 22.3 Å². The van der Waals surface area contributed by atoms with Crippen LogP contribution in [0.4, 0.5) is 4.39 Å². The third-order valence-electron chi connectivity index (χ3n) is 4.72. The Morgan fingerprint density at radius 2 is 1.71 bits per heavy atom. The van der Waals surface area contributed by atoms with Gasteiger partial charge in [-0.25, -0.2) is 17.5 Å². The molecule has 0 aromatic heterocycles. The van der Waals surface area contributed by atoms with Crippen molar-refractivity contribution in [1.82, 2.24) is 9.62 Å². The number of ether oxygens (including phenoxy) is 1. The molecule has 0 fully saturated rings. The van der Waals surface area contributed by atoms with E-state index in [0.717, 1.165) is 5.56 Å². The summed E-state index contributed by atoms with van der Waals surface area (Å²) < 4.78 is 47.4. The molecule has 162 valence electrons. The molecule has 0 bridgehead atoms. The van der Waals surface area contributed by atoms with Crippen LogP contribution in [0, 0.1) is 5.82 Å². The minimum atomic E-state index is -3.95. The lowest BCUT2D eigenvalue weighted by Crippen LogP contribution is -2.28. The molecule has 31 heavy (non-hydrogen) atoms. The number of hydrogen-bond acceptors (Lipinski definition) is 4. The molecule has 0 unspecified atom stereocenters. The summed E-state index contributed by atoms with van der Waals surface area (Å²) >= 11 is 0. The zero-order valence-corrected chi connectivity index (χ0v) is 18.0. The fourth-order valence-corrected chi connectivity index (χ4v) is 4.26. The highest BCUT2D eigenvalue weighted by Gasteiger charge is 2.23. The standard InChI is InChI=1S/C23H23FN2O4S/c1-26(16-19-10-6-7-11-20(19)24)23(27)18-12-13-21(30-2)22(14-18)31(28,29)25-15-17-8-4-3-5-9-17/h3-14,25H,15-16H2,1-2H3. The van der Waals surface area contributed by atoms with E-state index < -0.39 is 21.7 Å². The Bertz CT molecular complexity index is 1170. The Balaban J connectivity index is 1.83. The molecule has 0 saturated carbocycles. The van der Waals surface area contributed by atoms with Crippen LogP contribution in [-0.4, -0.2) is 33.4 Å². The van der Waals surface area contributed by atoms with Crippen molar-refractivity contribution in [1.29, 1.82) is 0 Å². The Morgan fingerprint density at radius 1 is 1.03 bits per heavy atom. The predicted octanol–water partition coefficient (Wildman–Crippen LogP) is 3.59. The molecule has 6 nitrogen and oxygen atoms in total. The van der Waals surface area contributed by atoms with Crippen molar-refractivity contribution in [2.24, 2.45) is 0 Å². The fourth-order valence-electron chi connectivity index (χ4n) is 3.05. The third kappa shape index (κ3) is 5.48. The topological polar surface area (TPSA) is 75.7 Å². The van der Waals surface area contributed by atoms with Gasteiger partial charge in [0.15, 0.2) is 0 Å². The maximum Gasteiger partial charge on any atom is 0.253 e. The van der Waals surface area contributed by atoms with Gasteiger partial charge in [0, 0.05) is 31.3 Å². The van der Waals surface area contributed by atoms with Gasteiger partial charge in [-0.3, -0.25) is 4.79 Å². The highest BCUT2D eigenvalue weighted by Crippen LogP contribution is 2.26. The lowest BCUT2D eigenvalue weighted by molar-refractivity contribution is 0.0783. The molecule has 1 amide bonds. The van der Waals surface area contributed by atoms with E-state index in [-0.39, 0.29) is 29.3 Å². The lowest BCUT2D eigenvalue weighted by atomic mass is 10.1. The maximum absolute atomic E-state index is 13.9. The summed E-state index contributed by atoms with van der Waals surface area (Å²) in [6.45, 7) is 0.142. The monoisotopic (exact) mass is 442 g/mol. The maximum atomic E-state index is 13.9. The summed E-state index contributed by atoms with van der Waals surface area (Å²) in [6, 6.07) is 19.4. The summed E-state index contributed by atoms with van der Waals surface area (Å²) in [6.07, 6.45) is 0. The van der Waals surface area contributed by atoms with Gasteiger partial charge in [-0.1, -0.05) is 48.5 Å². The Morgan fingerprint density at radius 3 is 2.39 bits per heavy atom. The van der Waals surface area contributed by atoms with Gasteiger partial charge in [0.25, 0.3) is 5.91 Å². The summed E-state index contributed by atoms with van der Waals surface area (Å²) in [5, 5.41) is 0. The van der Waals surface area contributed by atoms with Crippen LogP contribution in [0.25, 0.3) is 0 Å². The number of sulfonamides is 1. The largest absolute Gasteiger partial charge is 0.495 e. The first-order valence-corrected chi connectivity index (χ1v) is 11.0. The highest BCUT2D eigenvalue weighted by molar-refractivity contribution is 7.89. The van der Waals surface area contributed by atoms with Gasteiger partial charge in [0.1, 0.15) is 16.5 Å². The molecule has 0 heterocycles. The molecule has 3 aromatic rings. The van der Waals surface area contributed by atoms with Gasteiger partial charge in [-0.05, 0) is 29.8 Å². The molecule has 0 aliphatic heterocycles. The van der Waals surface area contributed by atoms with Crippen molar-refractivity contribution in [3.63, 3.8) is 0 Å². The van der Waals surface area contributed by atoms with E-state index in [0.29, 0.717) is 5.56 Å². The van der Waals surface area contributed by atoms with Crippen molar-refractivity contribution in [2.75, 3.05) is 14.2 Å². The van der Waals surface area contributed by atoms with Crippen molar-refractivity contribution in [3.05, 3.63) is 95.3 Å². The van der Waals surface area contributed by atoms with Crippen LogP contribution in [0.5, 0.6) is 5.75 Å². The molecule has 3 rings (SSSR count). The van der Waals surface area contributed by atoms with E-state index in [1.807, 2.05) is 18.2 Å². The quantitative estimate of drug-likeness (QED) is 0.579. The minimum absolute atomic E-state index is 0.0475. The number of carbonyl (C=O) groups is 1. The molecule has 3 aromatic carbocycles. The van der Waals surface area contributed by atoms with Gasteiger partial charge < -0.3 is 9.64 Å². The van der Waals surface area contributed by atoms with Crippen molar-refractivity contribution in [2.45, 2.75) is 18.0 Å². The average Bonchev–Trinajstić information content (AvgIpc) is 2.79. The molecule has 1 N–H and O–H groups in total. The zero-order chi connectivity index (χ0) is 22.4. The van der Waals surface area contributed by atoms with E-state index in [1.165, 1.54) is 43.3 Å². The van der Waals surface area contributed by atoms with Crippen LogP contribution < -0.4 is 9.46 Å². The molecule has 0 aliphatic rings. The molecular formula is C23H23FN2O4S. The first-order chi connectivity index (χ1) is 14.8. The molecular weight excluding hydrogens is 419 g/mol. The van der Waals surface area contributed by atoms with Gasteiger partial charge in [-0.2, -0.15) is 0 Å². The molecule has 0 radical (unpaired) electrons. The van der Waals surface area contributed by atoms with E-state index in [2.05, 4.69) is 4.72 Å². The van der Waals surface area contributed by atoms with Crippen molar-refractivity contribution >= 4 is 15.9 Å². The molecule has 0 spiro atoms. The smallest absolute Gasteiger partial charge is 0.253 e. The number of halogens is 1. The van der Waals surface area contributed by atoms with Gasteiger partial charge in [-0.15, -0.1) is 0 Å². The predicted molar refractivity (Wildman–Crippen MR) is 116 cm³/mol. The molecule has 0 atom stereocenters. The summed E-state index contributed by atoms with van der Waals surface area (Å²) in [4.78, 5) is 14.1. The Labute approximate surface area is 181 Å². The van der Waals surface area contributed by atoms with Crippen LogP contribution in [0.2, 0.25) is 0 Å². The fraction of sp³-hybridized carbons (Fsp3) is 0.174. The van der Waals surface area contributed by atoms with Crippen LogP contribution in [0.15, 0.2) is 77.7 Å². The van der Waals surface area contributed by atoms with Crippen molar-refractivity contribution in [3.8, 4) is 5.75 Å². The number of nitrogens with one attached hydrogen (secondary N) is 1. The van der Waals surface area contributed by atoms with Gasteiger partial charge in [0.05, 0.1) is 7.11 Å². The number of nitrogens with zero attached hydrogens (tertiary/aromatic N) is 1. The number of benzene rings is 3. The Kier molecular flexibility index (Phi) is 7.04. The molecule has 0 aliphatic carbocycles. The SMILES string of the molecule is COc1ccc(C(=O)N(C)Cc2ccccc2F)cc1S(=O)(=O)NCc1ccccc1. The average molecular weight is 443 g/mol. The second-order valence-electron chi connectivity index (χ2n) is 6.93. The van der Waals surface area contributed by atoms with Gasteiger partial charge in [0.2, 0.25) is 10.0 Å². The van der Waals surface area contributed by atoms with E-state index in [9.17, 15) is 17.6 Å². The number of amides is 1. The number of methoxy groups -OCH3 is 1.